The zero-order chi connectivity index (χ0) is 30.4. The summed E-state index contributed by atoms with van der Waals surface area (Å²) in [6, 6.07) is 8.57. The van der Waals surface area contributed by atoms with E-state index in [2.05, 4.69) is 37.3 Å². The molecule has 1 aromatic carbocycles. The fourth-order valence-corrected chi connectivity index (χ4v) is 4.07. The molecule has 0 saturated heterocycles. The van der Waals surface area contributed by atoms with Crippen molar-refractivity contribution in [1.29, 1.82) is 0 Å². The van der Waals surface area contributed by atoms with Gasteiger partial charge in [0.2, 0.25) is 11.9 Å². The van der Waals surface area contributed by atoms with Gasteiger partial charge in [0.1, 0.15) is 17.9 Å². The Hall–Kier alpha value is -4.85. The Kier molecular flexibility index (Phi) is 9.47. The number of benzene rings is 1. The van der Waals surface area contributed by atoms with Crippen molar-refractivity contribution in [2.45, 2.75) is 6.43 Å². The van der Waals surface area contributed by atoms with Gasteiger partial charge in [0.25, 0.3) is 6.43 Å². The zero-order valence-corrected chi connectivity index (χ0v) is 24.2. The maximum absolute atomic E-state index is 13.2. The molecule has 3 heterocycles. The maximum Gasteiger partial charge on any atom is 0.272 e. The Labute approximate surface area is 242 Å². The van der Waals surface area contributed by atoms with Crippen molar-refractivity contribution in [3.63, 3.8) is 0 Å². The van der Waals surface area contributed by atoms with Crippen LogP contribution in [0.25, 0.3) is 16.9 Å². The molecule has 0 spiro atoms. The second kappa shape index (κ2) is 13.2. The largest absolute Gasteiger partial charge is 0.485 e. The molecular weight excluding hydrogens is 546 g/mol. The lowest BCUT2D eigenvalue weighted by Crippen LogP contribution is -2.29. The van der Waals surface area contributed by atoms with E-state index in [4.69, 9.17) is 4.74 Å². The lowest BCUT2D eigenvalue weighted by molar-refractivity contribution is -0.111. The summed E-state index contributed by atoms with van der Waals surface area (Å²) in [7, 11) is 9.47. The third-order valence-corrected chi connectivity index (χ3v) is 6.15. The Morgan fingerprint density at radius 2 is 1.88 bits per heavy atom. The number of nitrogens with one attached hydrogen (secondary N) is 2. The molecule has 0 atom stereocenters. The van der Waals surface area contributed by atoms with Crippen LogP contribution in [-0.4, -0.2) is 96.9 Å². The summed E-state index contributed by atoms with van der Waals surface area (Å²) in [5.41, 5.74) is 2.71. The number of amides is 1. The SMILES string of the molecule is C=CC(=O)Nc1cc(Nc2nccc(-n3nc(N(C)C)c4ncccc43)n2)c(OCC(F)F)cc1N(C)CCN(C)C. The average molecular weight is 581 g/mol. The Balaban J connectivity index is 1.76. The minimum absolute atomic E-state index is 0.135. The maximum atomic E-state index is 13.2. The minimum Gasteiger partial charge on any atom is -0.485 e. The molecule has 0 aliphatic rings. The van der Waals surface area contributed by atoms with Gasteiger partial charge in [-0.05, 0) is 38.4 Å². The number of likely N-dealkylation sites (N-methyl/N-ethyl adjacent to an activating group) is 2. The highest BCUT2D eigenvalue weighted by Gasteiger charge is 2.19. The Morgan fingerprint density at radius 1 is 1.10 bits per heavy atom. The molecule has 0 unspecified atom stereocenters. The zero-order valence-electron chi connectivity index (χ0n) is 24.2. The van der Waals surface area contributed by atoms with E-state index in [0.717, 1.165) is 11.6 Å². The van der Waals surface area contributed by atoms with E-state index in [0.29, 0.717) is 41.6 Å². The molecule has 4 rings (SSSR count). The van der Waals surface area contributed by atoms with Crippen LogP contribution in [0.2, 0.25) is 0 Å². The summed E-state index contributed by atoms with van der Waals surface area (Å²) in [4.78, 5) is 31.5. The first kappa shape index (κ1) is 30.1. The number of carbonyl (C=O) groups is 1. The van der Waals surface area contributed by atoms with Crippen LogP contribution in [0.15, 0.2) is 55.4 Å². The van der Waals surface area contributed by atoms with Gasteiger partial charge in [-0.15, -0.1) is 5.10 Å². The van der Waals surface area contributed by atoms with Crippen LogP contribution >= 0.6 is 0 Å². The molecule has 0 aliphatic carbocycles. The summed E-state index contributed by atoms with van der Waals surface area (Å²) in [5, 5.41) is 10.5. The number of alkyl halides is 2. The van der Waals surface area contributed by atoms with Crippen molar-refractivity contribution >= 4 is 45.8 Å². The first-order valence-electron chi connectivity index (χ1n) is 13.1. The predicted octanol–water partition coefficient (Wildman–Crippen LogP) is 3.79. The van der Waals surface area contributed by atoms with Gasteiger partial charge in [0, 0.05) is 58.8 Å². The molecule has 0 saturated carbocycles. The van der Waals surface area contributed by atoms with Crippen molar-refractivity contribution in [3.05, 3.63) is 55.4 Å². The van der Waals surface area contributed by atoms with Gasteiger partial charge in [0.15, 0.2) is 11.6 Å². The molecule has 14 heteroatoms. The number of hydrogen-bond acceptors (Lipinski definition) is 10. The minimum atomic E-state index is -2.69. The Bertz CT molecular complexity index is 1560. The number of anilines is 5. The summed E-state index contributed by atoms with van der Waals surface area (Å²) in [5.74, 6) is 0.977. The fourth-order valence-electron chi connectivity index (χ4n) is 4.07. The molecule has 222 valence electrons. The molecule has 2 N–H and O–H groups in total. The van der Waals surface area contributed by atoms with Gasteiger partial charge in [-0.25, -0.2) is 18.4 Å². The average Bonchev–Trinajstić information content (AvgIpc) is 3.35. The van der Waals surface area contributed by atoms with Gasteiger partial charge in [0.05, 0.1) is 22.6 Å². The number of nitrogens with zero attached hydrogens (tertiary/aromatic N) is 8. The van der Waals surface area contributed by atoms with E-state index in [1.807, 2.05) is 62.1 Å². The van der Waals surface area contributed by atoms with E-state index < -0.39 is 18.9 Å². The van der Waals surface area contributed by atoms with Crippen LogP contribution in [0.4, 0.5) is 37.6 Å². The molecule has 12 nitrogen and oxygen atoms in total. The molecule has 4 aromatic rings. The van der Waals surface area contributed by atoms with E-state index in [1.54, 1.807) is 35.3 Å². The number of pyridine rings is 1. The number of hydrogen-bond donors (Lipinski definition) is 2. The predicted molar refractivity (Wildman–Crippen MR) is 161 cm³/mol. The molecule has 3 aromatic heterocycles. The topological polar surface area (TPSA) is 117 Å². The summed E-state index contributed by atoms with van der Waals surface area (Å²) >= 11 is 0. The van der Waals surface area contributed by atoms with Crippen LogP contribution in [0.5, 0.6) is 5.75 Å². The van der Waals surface area contributed by atoms with Crippen LogP contribution < -0.4 is 25.2 Å². The molecule has 1 amide bonds. The van der Waals surface area contributed by atoms with Gasteiger partial charge in [-0.2, -0.15) is 4.98 Å². The lowest BCUT2D eigenvalue weighted by atomic mass is 10.2. The second-order valence-electron chi connectivity index (χ2n) is 9.85. The smallest absolute Gasteiger partial charge is 0.272 e. The van der Waals surface area contributed by atoms with E-state index in [-0.39, 0.29) is 17.4 Å². The first-order valence-corrected chi connectivity index (χ1v) is 13.1. The van der Waals surface area contributed by atoms with E-state index in [1.165, 1.54) is 0 Å². The number of aromatic nitrogens is 5. The second-order valence-corrected chi connectivity index (χ2v) is 9.85. The highest BCUT2D eigenvalue weighted by molar-refractivity contribution is 6.02. The van der Waals surface area contributed by atoms with E-state index >= 15 is 0 Å². The van der Waals surface area contributed by atoms with Crippen LogP contribution in [0.3, 0.4) is 0 Å². The van der Waals surface area contributed by atoms with Gasteiger partial charge in [-0.1, -0.05) is 6.58 Å². The quantitative estimate of drug-likeness (QED) is 0.226. The Morgan fingerprint density at radius 3 is 2.57 bits per heavy atom. The fraction of sp³-hybridized carbons (Fsp3) is 0.321. The van der Waals surface area contributed by atoms with E-state index in [9.17, 15) is 13.6 Å². The normalized spacial score (nSPS) is 11.2. The number of fused-ring (bicyclic) bond motifs is 1. The van der Waals surface area contributed by atoms with Gasteiger partial charge in [-0.3, -0.25) is 9.78 Å². The van der Waals surface area contributed by atoms with Crippen molar-refractivity contribution in [3.8, 4) is 11.6 Å². The van der Waals surface area contributed by atoms with Gasteiger partial charge >= 0.3 is 0 Å². The van der Waals surface area contributed by atoms with Crippen molar-refractivity contribution in [1.82, 2.24) is 29.6 Å². The summed E-state index contributed by atoms with van der Waals surface area (Å²) in [6.07, 6.45) is 1.70. The highest BCUT2D eigenvalue weighted by atomic mass is 19.3. The number of halogens is 2. The summed E-state index contributed by atoms with van der Waals surface area (Å²) in [6.45, 7) is 4.01. The first-order chi connectivity index (χ1) is 20.1. The monoisotopic (exact) mass is 580 g/mol. The molecular formula is C28H34F2N10O2. The molecule has 42 heavy (non-hydrogen) atoms. The number of ether oxygens (including phenoxy) is 1. The van der Waals surface area contributed by atoms with Crippen LogP contribution in [0.1, 0.15) is 0 Å². The molecule has 0 fully saturated rings. The third-order valence-electron chi connectivity index (χ3n) is 6.15. The highest BCUT2D eigenvalue weighted by Crippen LogP contribution is 2.38. The van der Waals surface area contributed by atoms with Crippen LogP contribution in [-0.2, 0) is 4.79 Å². The molecule has 0 bridgehead atoms. The van der Waals surface area contributed by atoms with Crippen molar-refractivity contribution < 1.29 is 18.3 Å². The van der Waals surface area contributed by atoms with Gasteiger partial charge < -0.3 is 30.1 Å². The van der Waals surface area contributed by atoms with Crippen molar-refractivity contribution in [2.24, 2.45) is 0 Å². The summed E-state index contributed by atoms with van der Waals surface area (Å²) < 4.78 is 33.6. The molecule has 0 aliphatic heterocycles. The standard InChI is InChI=1S/C28H34F2N10O2/c1-7-25(41)33-18-15-19(22(42-17-23(29)30)16-21(18)39(6)14-13-37(2)3)34-28-32-12-10-24(35-28)40-20-9-8-11-31-26(20)27(36-40)38(4)5/h7-12,15-16,23H,1,13-14,17H2,2-6H3,(H,33,41)(H,32,34,35). The number of carbonyl (C=O) groups excluding carboxylic acids is 1. The van der Waals surface area contributed by atoms with Crippen LogP contribution in [0, 0.1) is 0 Å². The number of rotatable bonds is 13. The lowest BCUT2D eigenvalue weighted by Gasteiger charge is -2.26. The molecule has 0 radical (unpaired) electrons. The third kappa shape index (κ3) is 7.07. The van der Waals surface area contributed by atoms with Crippen molar-refractivity contribution in [2.75, 3.05) is 75.4 Å².